The predicted molar refractivity (Wildman–Crippen MR) is 141 cm³/mol. The van der Waals surface area contributed by atoms with Crippen LogP contribution in [0.2, 0.25) is 0 Å². The monoisotopic (exact) mass is 520 g/mol. The SMILES string of the molecule is COc1ccc(Cn2nnnc2CN(Cc2cc3cc(OC)c(OC)cc3[nH]c2=O)C[C@H]2CCCO2)cc1. The molecule has 0 radical (unpaired) electrons. The van der Waals surface area contributed by atoms with Crippen LogP contribution in [0.1, 0.15) is 29.8 Å². The van der Waals surface area contributed by atoms with Crippen molar-refractivity contribution in [3.63, 3.8) is 0 Å². The van der Waals surface area contributed by atoms with Gasteiger partial charge in [-0.2, -0.15) is 0 Å². The number of methoxy groups -OCH3 is 3. The van der Waals surface area contributed by atoms with Crippen LogP contribution in [0.3, 0.4) is 0 Å². The molecule has 0 bridgehead atoms. The van der Waals surface area contributed by atoms with Crippen LogP contribution in [0.5, 0.6) is 17.2 Å². The molecule has 5 rings (SSSR count). The van der Waals surface area contributed by atoms with Crippen LogP contribution in [0.15, 0.2) is 47.3 Å². The van der Waals surface area contributed by atoms with Gasteiger partial charge in [-0.1, -0.05) is 12.1 Å². The maximum atomic E-state index is 13.1. The molecule has 1 fully saturated rings. The Labute approximate surface area is 220 Å². The van der Waals surface area contributed by atoms with Gasteiger partial charge in [-0.15, -0.1) is 5.10 Å². The maximum absolute atomic E-state index is 13.1. The number of benzene rings is 2. The molecule has 2 aromatic carbocycles. The second-order valence-electron chi connectivity index (χ2n) is 9.32. The quantitative estimate of drug-likeness (QED) is 0.319. The van der Waals surface area contributed by atoms with E-state index in [0.29, 0.717) is 54.6 Å². The first kappa shape index (κ1) is 25.7. The smallest absolute Gasteiger partial charge is 0.252 e. The van der Waals surface area contributed by atoms with Crippen LogP contribution in [0, 0.1) is 0 Å². The number of nitrogens with one attached hydrogen (secondary N) is 1. The second-order valence-corrected chi connectivity index (χ2v) is 9.32. The summed E-state index contributed by atoms with van der Waals surface area (Å²) < 4.78 is 23.8. The summed E-state index contributed by atoms with van der Waals surface area (Å²) in [5.74, 6) is 2.67. The van der Waals surface area contributed by atoms with Crippen molar-refractivity contribution in [2.45, 2.75) is 38.6 Å². The van der Waals surface area contributed by atoms with Crippen molar-refractivity contribution >= 4 is 10.9 Å². The Morgan fingerprint density at radius 3 is 2.55 bits per heavy atom. The molecule has 0 amide bonds. The van der Waals surface area contributed by atoms with Gasteiger partial charge in [-0.25, -0.2) is 4.68 Å². The zero-order valence-electron chi connectivity index (χ0n) is 21.8. The molecule has 11 nitrogen and oxygen atoms in total. The number of fused-ring (bicyclic) bond motifs is 1. The molecular formula is C27H32N6O5. The standard InChI is InChI=1S/C27H32N6O5/c1-35-21-8-6-18(7-9-21)14-33-26(29-30-31-33)17-32(16-22-5-4-10-38-22)15-20-11-19-12-24(36-2)25(37-3)13-23(19)28-27(20)34/h6-9,11-13,22H,4-5,10,14-17H2,1-3H3,(H,28,34)/t22-/m1/s1. The summed E-state index contributed by atoms with van der Waals surface area (Å²) in [5, 5.41) is 13.3. The number of aromatic amines is 1. The molecular weight excluding hydrogens is 488 g/mol. The van der Waals surface area contributed by atoms with Crippen LogP contribution in [0.25, 0.3) is 10.9 Å². The van der Waals surface area contributed by atoms with Gasteiger partial charge in [0.05, 0.1) is 46.0 Å². The van der Waals surface area contributed by atoms with Crippen molar-refractivity contribution in [3.05, 3.63) is 69.8 Å². The average Bonchev–Trinajstić information content (AvgIpc) is 3.61. The van der Waals surface area contributed by atoms with Crippen LogP contribution < -0.4 is 19.8 Å². The summed E-state index contributed by atoms with van der Waals surface area (Å²) in [6, 6.07) is 13.4. The number of hydrogen-bond acceptors (Lipinski definition) is 9. The number of ether oxygens (including phenoxy) is 4. The van der Waals surface area contributed by atoms with E-state index < -0.39 is 0 Å². The minimum atomic E-state index is -0.153. The third-order valence-corrected chi connectivity index (χ3v) is 6.77. The van der Waals surface area contributed by atoms with Gasteiger partial charge in [0, 0.05) is 36.7 Å². The largest absolute Gasteiger partial charge is 0.497 e. The lowest BCUT2D eigenvalue weighted by Crippen LogP contribution is -2.34. The molecule has 1 N–H and O–H groups in total. The number of aromatic nitrogens is 5. The Morgan fingerprint density at radius 2 is 1.84 bits per heavy atom. The zero-order valence-corrected chi connectivity index (χ0v) is 21.8. The number of H-pyrrole nitrogens is 1. The minimum Gasteiger partial charge on any atom is -0.497 e. The van der Waals surface area contributed by atoms with E-state index in [1.165, 1.54) is 0 Å². The molecule has 3 heterocycles. The van der Waals surface area contributed by atoms with Gasteiger partial charge in [0.15, 0.2) is 17.3 Å². The van der Waals surface area contributed by atoms with E-state index in [9.17, 15) is 4.79 Å². The van der Waals surface area contributed by atoms with E-state index in [4.69, 9.17) is 18.9 Å². The summed E-state index contributed by atoms with van der Waals surface area (Å²) in [7, 11) is 4.81. The molecule has 11 heteroatoms. The Hall–Kier alpha value is -3.96. The minimum absolute atomic E-state index is 0.102. The summed E-state index contributed by atoms with van der Waals surface area (Å²) in [6.45, 7) is 2.82. The fraction of sp³-hybridized carbons (Fsp3) is 0.407. The lowest BCUT2D eigenvalue weighted by Gasteiger charge is -2.24. The molecule has 0 saturated carbocycles. The summed E-state index contributed by atoms with van der Waals surface area (Å²) >= 11 is 0. The number of tetrazole rings is 1. The van der Waals surface area contributed by atoms with Crippen LogP contribution in [-0.2, 0) is 24.4 Å². The molecule has 0 aliphatic carbocycles. The average molecular weight is 521 g/mol. The van der Waals surface area contributed by atoms with Gasteiger partial charge in [0.25, 0.3) is 5.56 Å². The van der Waals surface area contributed by atoms with Crippen LogP contribution in [0.4, 0.5) is 0 Å². The summed E-state index contributed by atoms with van der Waals surface area (Å²) in [6.07, 6.45) is 2.12. The van der Waals surface area contributed by atoms with Gasteiger partial charge in [0.1, 0.15) is 5.75 Å². The van der Waals surface area contributed by atoms with Gasteiger partial charge in [-0.3, -0.25) is 9.69 Å². The molecule has 1 atom stereocenters. The first-order valence-corrected chi connectivity index (χ1v) is 12.6. The molecule has 1 aliphatic heterocycles. The van der Waals surface area contributed by atoms with E-state index in [2.05, 4.69) is 25.4 Å². The molecule has 0 unspecified atom stereocenters. The first-order chi connectivity index (χ1) is 18.6. The Kier molecular flexibility index (Phi) is 7.85. The van der Waals surface area contributed by atoms with E-state index in [1.54, 1.807) is 32.1 Å². The Balaban J connectivity index is 1.40. The Morgan fingerprint density at radius 1 is 1.05 bits per heavy atom. The van der Waals surface area contributed by atoms with Gasteiger partial charge >= 0.3 is 0 Å². The molecule has 1 aliphatic rings. The van der Waals surface area contributed by atoms with Gasteiger partial charge in [-0.05, 0) is 53.1 Å². The fourth-order valence-electron chi connectivity index (χ4n) is 4.76. The predicted octanol–water partition coefficient (Wildman–Crippen LogP) is 2.77. The zero-order chi connectivity index (χ0) is 26.5. The number of rotatable bonds is 11. The van der Waals surface area contributed by atoms with Crippen molar-refractivity contribution in [1.82, 2.24) is 30.1 Å². The van der Waals surface area contributed by atoms with E-state index >= 15 is 0 Å². The first-order valence-electron chi connectivity index (χ1n) is 12.6. The Bertz CT molecular complexity index is 1430. The van der Waals surface area contributed by atoms with Crippen LogP contribution >= 0.6 is 0 Å². The highest BCUT2D eigenvalue weighted by atomic mass is 16.5. The highest BCUT2D eigenvalue weighted by Crippen LogP contribution is 2.31. The van der Waals surface area contributed by atoms with Crippen molar-refractivity contribution in [2.24, 2.45) is 0 Å². The molecule has 38 heavy (non-hydrogen) atoms. The highest BCUT2D eigenvalue weighted by molar-refractivity contribution is 5.83. The van der Waals surface area contributed by atoms with Crippen molar-refractivity contribution in [1.29, 1.82) is 0 Å². The van der Waals surface area contributed by atoms with Gasteiger partial charge in [0.2, 0.25) is 0 Å². The second kappa shape index (κ2) is 11.6. The molecule has 200 valence electrons. The number of hydrogen-bond donors (Lipinski definition) is 1. The summed E-state index contributed by atoms with van der Waals surface area (Å²) in [5.41, 5.74) is 2.22. The highest BCUT2D eigenvalue weighted by Gasteiger charge is 2.22. The topological polar surface area (TPSA) is 117 Å². The van der Waals surface area contributed by atoms with Crippen molar-refractivity contribution in [2.75, 3.05) is 34.5 Å². The van der Waals surface area contributed by atoms with Crippen molar-refractivity contribution < 1.29 is 18.9 Å². The summed E-state index contributed by atoms with van der Waals surface area (Å²) in [4.78, 5) is 18.2. The lowest BCUT2D eigenvalue weighted by molar-refractivity contribution is 0.0663. The number of nitrogens with zero attached hydrogens (tertiary/aromatic N) is 5. The van der Waals surface area contributed by atoms with Crippen molar-refractivity contribution in [3.8, 4) is 17.2 Å². The van der Waals surface area contributed by atoms with Crippen LogP contribution in [-0.4, -0.2) is 70.7 Å². The number of pyridine rings is 1. The molecule has 0 spiro atoms. The third-order valence-electron chi connectivity index (χ3n) is 6.77. The normalized spacial score (nSPS) is 15.3. The van der Waals surface area contributed by atoms with E-state index in [-0.39, 0.29) is 11.7 Å². The van der Waals surface area contributed by atoms with E-state index in [0.717, 1.165) is 36.1 Å². The molecule has 4 aromatic rings. The fourth-order valence-corrected chi connectivity index (χ4v) is 4.76. The maximum Gasteiger partial charge on any atom is 0.252 e. The molecule has 2 aromatic heterocycles. The third kappa shape index (κ3) is 5.79. The molecule has 1 saturated heterocycles. The lowest BCUT2D eigenvalue weighted by atomic mass is 10.1. The van der Waals surface area contributed by atoms with E-state index in [1.807, 2.05) is 36.4 Å². The van der Waals surface area contributed by atoms with Gasteiger partial charge < -0.3 is 23.9 Å².